The van der Waals surface area contributed by atoms with Gasteiger partial charge in [-0.25, -0.2) is 8.42 Å². The number of hydrogen-bond donors (Lipinski definition) is 1. The molecule has 0 saturated heterocycles. The minimum atomic E-state index is -3.86. The Bertz CT molecular complexity index is 1150. The van der Waals surface area contributed by atoms with Crippen LogP contribution < -0.4 is 9.46 Å². The predicted octanol–water partition coefficient (Wildman–Crippen LogP) is 4.94. The molecule has 148 valence electrons. The second-order valence-electron chi connectivity index (χ2n) is 6.44. The molecule has 0 atom stereocenters. The van der Waals surface area contributed by atoms with E-state index < -0.39 is 10.0 Å². The molecular weight excluding hydrogens is 408 g/mol. The van der Waals surface area contributed by atoms with E-state index >= 15 is 0 Å². The Labute approximate surface area is 175 Å². The van der Waals surface area contributed by atoms with Crippen molar-refractivity contribution in [2.45, 2.75) is 18.2 Å². The van der Waals surface area contributed by atoms with Crippen molar-refractivity contribution < 1.29 is 13.2 Å². The number of nitrogens with zero attached hydrogens (tertiary/aromatic N) is 1. The second-order valence-corrected chi connectivity index (χ2v) is 8.50. The van der Waals surface area contributed by atoms with Gasteiger partial charge in [0.1, 0.15) is 10.6 Å². The number of hydrogen-bond acceptors (Lipinski definition) is 4. The Morgan fingerprint density at radius 3 is 2.48 bits per heavy atom. The number of rotatable bonds is 7. The van der Waals surface area contributed by atoms with Crippen LogP contribution in [0.15, 0.2) is 71.6 Å². The highest BCUT2D eigenvalue weighted by molar-refractivity contribution is 7.92. The number of sulfonamides is 1. The van der Waals surface area contributed by atoms with E-state index in [0.29, 0.717) is 30.0 Å². The van der Waals surface area contributed by atoms with E-state index in [-0.39, 0.29) is 9.92 Å². The molecule has 0 bridgehead atoms. The molecule has 0 aliphatic heterocycles. The molecule has 0 aromatic heterocycles. The van der Waals surface area contributed by atoms with Gasteiger partial charge in [0.2, 0.25) is 0 Å². The molecule has 0 heterocycles. The Morgan fingerprint density at radius 2 is 1.79 bits per heavy atom. The zero-order valence-corrected chi connectivity index (χ0v) is 17.3. The molecule has 0 saturated carbocycles. The first-order valence-electron chi connectivity index (χ1n) is 8.89. The van der Waals surface area contributed by atoms with Crippen molar-refractivity contribution in [3.63, 3.8) is 0 Å². The summed E-state index contributed by atoms with van der Waals surface area (Å²) in [6, 6.07) is 20.9. The third kappa shape index (κ3) is 5.29. The molecule has 0 fully saturated rings. The fourth-order valence-corrected chi connectivity index (χ4v) is 4.32. The molecule has 5 nitrogen and oxygen atoms in total. The van der Waals surface area contributed by atoms with Gasteiger partial charge in [0, 0.05) is 6.42 Å². The molecular formula is C22H19ClN2O3S. The number of nitrogens with one attached hydrogen (secondary N) is 1. The van der Waals surface area contributed by atoms with Crippen LogP contribution in [-0.4, -0.2) is 15.0 Å². The molecule has 0 radical (unpaired) electrons. The average molecular weight is 427 g/mol. The van der Waals surface area contributed by atoms with Gasteiger partial charge in [-0.1, -0.05) is 41.9 Å². The summed E-state index contributed by atoms with van der Waals surface area (Å²) in [6.45, 7) is 2.23. The molecule has 0 spiro atoms. The molecule has 0 aliphatic rings. The molecule has 29 heavy (non-hydrogen) atoms. The molecule has 7 heteroatoms. The second kappa shape index (κ2) is 8.99. The number of anilines is 1. The summed E-state index contributed by atoms with van der Waals surface area (Å²) in [6.07, 6.45) is 0.621. The Kier molecular flexibility index (Phi) is 6.42. The highest BCUT2D eigenvalue weighted by atomic mass is 35.5. The number of aryl methyl sites for hydroxylation is 1. The molecule has 0 unspecified atom stereocenters. The summed E-state index contributed by atoms with van der Waals surface area (Å²) in [7, 11) is -3.86. The summed E-state index contributed by atoms with van der Waals surface area (Å²) in [5.41, 5.74) is 2.87. The van der Waals surface area contributed by atoms with E-state index in [4.69, 9.17) is 21.6 Å². The van der Waals surface area contributed by atoms with E-state index in [2.05, 4.69) is 10.8 Å². The van der Waals surface area contributed by atoms with Crippen molar-refractivity contribution in [3.05, 3.63) is 88.4 Å². The fraction of sp³-hybridized carbons (Fsp3) is 0.136. The normalized spacial score (nSPS) is 10.9. The minimum Gasteiger partial charge on any atom is -0.491 e. The standard InChI is InChI=1S/C22H19ClN2O3S/c1-16-6-11-21(28-13-12-17-7-9-18(15-24)10-8-17)20(14-16)25-29(26,27)22-5-3-2-4-19(22)23/h2-11,14,25H,12-13H2,1H3. The monoisotopic (exact) mass is 426 g/mol. The predicted molar refractivity (Wildman–Crippen MR) is 114 cm³/mol. The topological polar surface area (TPSA) is 79.2 Å². The first-order valence-corrected chi connectivity index (χ1v) is 10.7. The number of ether oxygens (including phenoxy) is 1. The van der Waals surface area contributed by atoms with Gasteiger partial charge < -0.3 is 4.74 Å². The Morgan fingerprint density at radius 1 is 1.07 bits per heavy atom. The van der Waals surface area contributed by atoms with Crippen LogP contribution in [0.3, 0.4) is 0 Å². The minimum absolute atomic E-state index is 0.00621. The van der Waals surface area contributed by atoms with Gasteiger partial charge in [-0.15, -0.1) is 0 Å². The fourth-order valence-electron chi connectivity index (χ4n) is 2.74. The van der Waals surface area contributed by atoms with Crippen molar-refractivity contribution in [2.75, 3.05) is 11.3 Å². The molecule has 3 aromatic rings. The van der Waals surface area contributed by atoms with Crippen LogP contribution in [0.2, 0.25) is 5.02 Å². The van der Waals surface area contributed by atoms with Crippen LogP contribution in [0.4, 0.5) is 5.69 Å². The molecule has 3 rings (SSSR count). The van der Waals surface area contributed by atoms with Crippen molar-refractivity contribution in [1.29, 1.82) is 5.26 Å². The maximum Gasteiger partial charge on any atom is 0.263 e. The van der Waals surface area contributed by atoms with Crippen LogP contribution >= 0.6 is 11.6 Å². The van der Waals surface area contributed by atoms with Crippen molar-refractivity contribution in [2.24, 2.45) is 0 Å². The summed E-state index contributed by atoms with van der Waals surface area (Å²) in [4.78, 5) is 0.00621. The lowest BCUT2D eigenvalue weighted by Crippen LogP contribution is -2.15. The van der Waals surface area contributed by atoms with Crippen molar-refractivity contribution >= 4 is 27.3 Å². The van der Waals surface area contributed by atoms with E-state index in [0.717, 1.165) is 11.1 Å². The highest BCUT2D eigenvalue weighted by Crippen LogP contribution is 2.30. The average Bonchev–Trinajstić information content (AvgIpc) is 2.70. The molecule has 1 N–H and O–H groups in total. The smallest absolute Gasteiger partial charge is 0.263 e. The van der Waals surface area contributed by atoms with Gasteiger partial charge in [-0.2, -0.15) is 5.26 Å². The summed E-state index contributed by atoms with van der Waals surface area (Å²) in [5.74, 6) is 0.430. The zero-order valence-electron chi connectivity index (χ0n) is 15.7. The summed E-state index contributed by atoms with van der Waals surface area (Å²) < 4.78 is 33.9. The quantitative estimate of drug-likeness (QED) is 0.580. The molecule has 3 aromatic carbocycles. The van der Waals surface area contributed by atoms with Crippen LogP contribution in [-0.2, 0) is 16.4 Å². The number of halogens is 1. The van der Waals surface area contributed by atoms with E-state index in [1.54, 1.807) is 36.4 Å². The van der Waals surface area contributed by atoms with Crippen LogP contribution in [0.25, 0.3) is 0 Å². The van der Waals surface area contributed by atoms with Gasteiger partial charge in [0.25, 0.3) is 10.0 Å². The lowest BCUT2D eigenvalue weighted by Gasteiger charge is -2.15. The third-order valence-electron chi connectivity index (χ3n) is 4.24. The van der Waals surface area contributed by atoms with Crippen molar-refractivity contribution in [3.8, 4) is 11.8 Å². The summed E-state index contributed by atoms with van der Waals surface area (Å²) >= 11 is 6.05. The summed E-state index contributed by atoms with van der Waals surface area (Å²) in [5, 5.41) is 9.01. The molecule has 0 amide bonds. The van der Waals surface area contributed by atoms with E-state index in [1.165, 1.54) is 12.1 Å². The number of nitriles is 1. The van der Waals surface area contributed by atoms with Crippen LogP contribution in [0.1, 0.15) is 16.7 Å². The third-order valence-corrected chi connectivity index (χ3v) is 6.10. The molecule has 0 aliphatic carbocycles. The van der Waals surface area contributed by atoms with E-state index in [9.17, 15) is 8.42 Å². The van der Waals surface area contributed by atoms with E-state index in [1.807, 2.05) is 25.1 Å². The van der Waals surface area contributed by atoms with Gasteiger partial charge in [0.05, 0.1) is 28.9 Å². The maximum absolute atomic E-state index is 12.8. The maximum atomic E-state index is 12.8. The first kappa shape index (κ1) is 20.7. The Hall–Kier alpha value is -3.01. The van der Waals surface area contributed by atoms with Gasteiger partial charge in [0.15, 0.2) is 0 Å². The highest BCUT2D eigenvalue weighted by Gasteiger charge is 2.19. The van der Waals surface area contributed by atoms with Crippen LogP contribution in [0.5, 0.6) is 5.75 Å². The van der Waals surface area contributed by atoms with Crippen LogP contribution in [0, 0.1) is 18.3 Å². The SMILES string of the molecule is Cc1ccc(OCCc2ccc(C#N)cc2)c(NS(=O)(=O)c2ccccc2Cl)c1. The van der Waals surface area contributed by atoms with Crippen molar-refractivity contribution in [1.82, 2.24) is 0 Å². The van der Waals surface area contributed by atoms with Gasteiger partial charge in [-0.3, -0.25) is 4.72 Å². The number of benzene rings is 3. The van der Waals surface area contributed by atoms with Gasteiger partial charge >= 0.3 is 0 Å². The lowest BCUT2D eigenvalue weighted by atomic mass is 10.1. The Balaban J connectivity index is 1.75. The first-order chi connectivity index (χ1) is 13.9. The zero-order chi connectivity index (χ0) is 20.9. The largest absolute Gasteiger partial charge is 0.491 e. The lowest BCUT2D eigenvalue weighted by molar-refractivity contribution is 0.323. The van der Waals surface area contributed by atoms with Gasteiger partial charge in [-0.05, 0) is 54.4 Å².